The topological polar surface area (TPSA) is 24.5 Å². The fourth-order valence-electron chi connectivity index (χ4n) is 1.08. The summed E-state index contributed by atoms with van der Waals surface area (Å²) >= 11 is 0. The van der Waals surface area contributed by atoms with E-state index in [-0.39, 0.29) is 12.1 Å². The van der Waals surface area contributed by atoms with E-state index in [4.69, 9.17) is 4.74 Å². The van der Waals surface area contributed by atoms with Crippen molar-refractivity contribution < 1.29 is 13.5 Å². The van der Waals surface area contributed by atoms with Crippen molar-refractivity contribution in [2.45, 2.75) is 32.7 Å². The summed E-state index contributed by atoms with van der Waals surface area (Å²) in [6.07, 6.45) is -3.88. The molecule has 5 heteroatoms. The molecule has 1 N–H and O–H groups in total. The van der Waals surface area contributed by atoms with Crippen molar-refractivity contribution in [1.29, 1.82) is 0 Å². The van der Waals surface area contributed by atoms with E-state index < -0.39 is 12.7 Å². The van der Waals surface area contributed by atoms with Crippen LogP contribution in [0.15, 0.2) is 0 Å². The molecule has 0 radical (unpaired) electrons. The van der Waals surface area contributed by atoms with E-state index >= 15 is 0 Å². The molecule has 1 saturated heterocycles. The molecule has 0 aromatic rings. The summed E-state index contributed by atoms with van der Waals surface area (Å²) in [5, 5.41) is 1.31. The summed E-state index contributed by atoms with van der Waals surface area (Å²) in [4.78, 5) is 0. The number of hydrazine groups is 1. The van der Waals surface area contributed by atoms with Crippen LogP contribution in [0.1, 0.15) is 13.8 Å². The van der Waals surface area contributed by atoms with E-state index in [0.717, 1.165) is 0 Å². The predicted octanol–water partition coefficient (Wildman–Crippen LogP) is 1.03. The van der Waals surface area contributed by atoms with Crippen LogP contribution in [0.3, 0.4) is 0 Å². The first kappa shape index (κ1) is 9.83. The predicted molar refractivity (Wildman–Crippen MR) is 40.4 cm³/mol. The van der Waals surface area contributed by atoms with E-state index in [1.165, 1.54) is 5.01 Å². The molecule has 1 heterocycles. The molecule has 0 aromatic heterocycles. The van der Waals surface area contributed by atoms with Gasteiger partial charge in [0.1, 0.15) is 6.23 Å². The van der Waals surface area contributed by atoms with Gasteiger partial charge in [-0.3, -0.25) is 0 Å². The standard InChI is InChI=1S/C7H14F2N2O/c1-4(2)6-10-11(3)7(12-6)5(8)9/h4-7,10H,1-3H3/t6-,7?/m0/s1. The highest BCUT2D eigenvalue weighted by Crippen LogP contribution is 2.19. The Bertz CT molecular complexity index is 154. The third-order valence-electron chi connectivity index (χ3n) is 1.82. The van der Waals surface area contributed by atoms with Crippen molar-refractivity contribution in [3.63, 3.8) is 0 Å². The van der Waals surface area contributed by atoms with Crippen LogP contribution in [-0.2, 0) is 4.74 Å². The highest BCUT2D eigenvalue weighted by Gasteiger charge is 2.37. The maximum Gasteiger partial charge on any atom is 0.278 e. The van der Waals surface area contributed by atoms with Crippen LogP contribution in [0, 0.1) is 5.92 Å². The number of hydrogen-bond donors (Lipinski definition) is 1. The van der Waals surface area contributed by atoms with Crippen molar-refractivity contribution in [3.05, 3.63) is 0 Å². The van der Waals surface area contributed by atoms with Gasteiger partial charge in [-0.25, -0.2) is 19.2 Å². The average molecular weight is 180 g/mol. The lowest BCUT2D eigenvalue weighted by Crippen LogP contribution is -2.39. The van der Waals surface area contributed by atoms with Gasteiger partial charge < -0.3 is 4.74 Å². The largest absolute Gasteiger partial charge is 0.336 e. The van der Waals surface area contributed by atoms with Crippen LogP contribution in [0.5, 0.6) is 0 Å². The first-order valence-electron chi connectivity index (χ1n) is 3.95. The molecule has 1 aliphatic heterocycles. The quantitative estimate of drug-likeness (QED) is 0.686. The minimum atomic E-state index is -2.47. The number of hydrogen-bond acceptors (Lipinski definition) is 3. The van der Waals surface area contributed by atoms with E-state index in [1.54, 1.807) is 7.05 Å². The fraction of sp³-hybridized carbons (Fsp3) is 1.00. The van der Waals surface area contributed by atoms with Crippen LogP contribution in [0.4, 0.5) is 8.78 Å². The van der Waals surface area contributed by atoms with Gasteiger partial charge in [-0.05, 0) is 5.92 Å². The Balaban J connectivity index is 2.50. The van der Waals surface area contributed by atoms with E-state index in [1.807, 2.05) is 13.8 Å². The molecule has 1 rings (SSSR count). The Morgan fingerprint density at radius 1 is 1.42 bits per heavy atom. The number of ether oxygens (including phenoxy) is 1. The van der Waals surface area contributed by atoms with Gasteiger partial charge in [0.2, 0.25) is 0 Å². The van der Waals surface area contributed by atoms with Crippen LogP contribution in [0.25, 0.3) is 0 Å². The smallest absolute Gasteiger partial charge is 0.278 e. The molecule has 0 spiro atoms. The van der Waals surface area contributed by atoms with Crippen molar-refractivity contribution >= 4 is 0 Å². The molecule has 1 aliphatic rings. The first-order valence-corrected chi connectivity index (χ1v) is 3.95. The lowest BCUT2D eigenvalue weighted by molar-refractivity contribution is -0.0983. The average Bonchev–Trinajstić information content (AvgIpc) is 2.30. The molecule has 0 aliphatic carbocycles. The summed E-state index contributed by atoms with van der Waals surface area (Å²) in [5.74, 6) is 0.191. The Labute approximate surface area is 70.6 Å². The van der Waals surface area contributed by atoms with E-state index in [9.17, 15) is 8.78 Å². The molecule has 0 amide bonds. The van der Waals surface area contributed by atoms with Gasteiger partial charge in [-0.2, -0.15) is 0 Å². The Morgan fingerprint density at radius 3 is 2.25 bits per heavy atom. The molecule has 0 aromatic carbocycles. The normalized spacial score (nSPS) is 32.2. The SMILES string of the molecule is CC(C)[C@H]1NN(C)C(C(F)F)O1. The molecular formula is C7H14F2N2O. The number of halogens is 2. The van der Waals surface area contributed by atoms with Gasteiger partial charge in [-0.15, -0.1) is 0 Å². The molecule has 1 fully saturated rings. The first-order chi connectivity index (χ1) is 5.52. The zero-order valence-corrected chi connectivity index (χ0v) is 7.42. The van der Waals surface area contributed by atoms with Gasteiger partial charge in [0.05, 0.1) is 0 Å². The second-order valence-electron chi connectivity index (χ2n) is 3.27. The van der Waals surface area contributed by atoms with Gasteiger partial charge >= 0.3 is 0 Å². The molecule has 72 valence electrons. The molecule has 3 nitrogen and oxygen atoms in total. The number of nitrogens with one attached hydrogen (secondary N) is 1. The monoisotopic (exact) mass is 180 g/mol. The van der Waals surface area contributed by atoms with Gasteiger partial charge in [0, 0.05) is 7.05 Å². The Hall–Kier alpha value is -0.260. The van der Waals surface area contributed by atoms with E-state index in [0.29, 0.717) is 0 Å². The van der Waals surface area contributed by atoms with Crippen LogP contribution in [-0.4, -0.2) is 30.9 Å². The molecule has 12 heavy (non-hydrogen) atoms. The summed E-state index contributed by atoms with van der Waals surface area (Å²) in [6, 6.07) is 0. The maximum absolute atomic E-state index is 12.2. The summed E-state index contributed by atoms with van der Waals surface area (Å²) in [7, 11) is 1.55. The van der Waals surface area contributed by atoms with Crippen LogP contribution < -0.4 is 5.43 Å². The number of nitrogens with zero attached hydrogens (tertiary/aromatic N) is 1. The van der Waals surface area contributed by atoms with Crippen molar-refractivity contribution in [1.82, 2.24) is 10.4 Å². The summed E-state index contributed by atoms with van der Waals surface area (Å²) in [6.45, 7) is 3.83. The molecular weight excluding hydrogens is 166 g/mol. The zero-order chi connectivity index (χ0) is 9.30. The van der Waals surface area contributed by atoms with Crippen molar-refractivity contribution in [2.24, 2.45) is 5.92 Å². The molecule has 0 bridgehead atoms. The van der Waals surface area contributed by atoms with Gasteiger partial charge in [0.15, 0.2) is 6.23 Å². The minimum Gasteiger partial charge on any atom is -0.336 e. The van der Waals surface area contributed by atoms with Crippen LogP contribution in [0.2, 0.25) is 0 Å². The van der Waals surface area contributed by atoms with Crippen molar-refractivity contribution in [3.8, 4) is 0 Å². The third-order valence-corrected chi connectivity index (χ3v) is 1.82. The summed E-state index contributed by atoms with van der Waals surface area (Å²) in [5.41, 5.74) is 2.82. The van der Waals surface area contributed by atoms with E-state index in [2.05, 4.69) is 5.43 Å². The highest BCUT2D eigenvalue weighted by atomic mass is 19.3. The fourth-order valence-corrected chi connectivity index (χ4v) is 1.08. The molecule has 0 saturated carbocycles. The number of rotatable bonds is 2. The van der Waals surface area contributed by atoms with Crippen molar-refractivity contribution in [2.75, 3.05) is 7.05 Å². The third kappa shape index (κ3) is 1.91. The minimum absolute atomic E-state index is 0.191. The second-order valence-corrected chi connectivity index (χ2v) is 3.27. The van der Waals surface area contributed by atoms with Gasteiger partial charge in [0.25, 0.3) is 6.43 Å². The maximum atomic E-state index is 12.2. The lowest BCUT2D eigenvalue weighted by Gasteiger charge is -2.14. The Morgan fingerprint density at radius 2 is 2.00 bits per heavy atom. The zero-order valence-electron chi connectivity index (χ0n) is 7.42. The van der Waals surface area contributed by atoms with Crippen LogP contribution >= 0.6 is 0 Å². The number of alkyl halides is 2. The summed E-state index contributed by atoms with van der Waals surface area (Å²) < 4.78 is 29.5. The second kappa shape index (κ2) is 3.64. The Kier molecular flexibility index (Phi) is 2.98. The lowest BCUT2D eigenvalue weighted by atomic mass is 10.2. The molecule has 2 atom stereocenters. The highest BCUT2D eigenvalue weighted by molar-refractivity contribution is 4.71. The molecule has 1 unspecified atom stereocenters. The van der Waals surface area contributed by atoms with Gasteiger partial charge in [-0.1, -0.05) is 13.8 Å².